The number of aryl methyl sites for hydroxylation is 2. The lowest BCUT2D eigenvalue weighted by molar-refractivity contribution is 0.399. The van der Waals surface area contributed by atoms with Crippen LogP contribution in [0.4, 0.5) is 5.69 Å². The Labute approximate surface area is 134 Å². The molecule has 2 heterocycles. The second-order valence-electron chi connectivity index (χ2n) is 5.58. The minimum atomic E-state index is -0.0853. The van der Waals surface area contributed by atoms with Crippen molar-refractivity contribution in [2.75, 3.05) is 12.4 Å². The summed E-state index contributed by atoms with van der Waals surface area (Å²) in [5.74, 6) is 0.511. The van der Waals surface area contributed by atoms with Crippen molar-refractivity contribution in [3.63, 3.8) is 0 Å². The molecule has 0 aliphatic rings. The summed E-state index contributed by atoms with van der Waals surface area (Å²) >= 11 is 0. The van der Waals surface area contributed by atoms with Crippen LogP contribution in [0.1, 0.15) is 16.7 Å². The van der Waals surface area contributed by atoms with Gasteiger partial charge in [0.15, 0.2) is 0 Å². The van der Waals surface area contributed by atoms with E-state index in [4.69, 9.17) is 4.74 Å². The van der Waals surface area contributed by atoms with E-state index < -0.39 is 0 Å². The fourth-order valence-corrected chi connectivity index (χ4v) is 2.73. The number of rotatable bonds is 4. The number of ether oxygens (including phenoxy) is 1. The van der Waals surface area contributed by atoms with Crippen molar-refractivity contribution in [1.29, 1.82) is 0 Å². The number of benzene rings is 1. The van der Waals surface area contributed by atoms with E-state index in [-0.39, 0.29) is 5.56 Å². The Morgan fingerprint density at radius 1 is 1.26 bits per heavy atom. The van der Waals surface area contributed by atoms with E-state index in [0.29, 0.717) is 18.0 Å². The molecule has 0 atom stereocenters. The van der Waals surface area contributed by atoms with E-state index >= 15 is 0 Å². The lowest BCUT2D eigenvalue weighted by Crippen LogP contribution is -2.16. The van der Waals surface area contributed by atoms with Gasteiger partial charge in [0.1, 0.15) is 0 Å². The third-order valence-electron chi connectivity index (χ3n) is 3.82. The monoisotopic (exact) mass is 309 g/mol. The molecule has 3 aromatic rings. The van der Waals surface area contributed by atoms with Crippen LogP contribution in [0.5, 0.6) is 5.88 Å². The van der Waals surface area contributed by atoms with Crippen LogP contribution >= 0.6 is 0 Å². The summed E-state index contributed by atoms with van der Waals surface area (Å²) in [6.07, 6.45) is 1.67. The number of nitrogens with one attached hydrogen (secondary N) is 2. The maximum Gasteiger partial charge on any atom is 0.253 e. The highest BCUT2D eigenvalue weighted by molar-refractivity contribution is 5.83. The quantitative estimate of drug-likeness (QED) is 0.777. The van der Waals surface area contributed by atoms with Gasteiger partial charge in [0.25, 0.3) is 5.56 Å². The largest absolute Gasteiger partial charge is 0.480 e. The third-order valence-corrected chi connectivity index (χ3v) is 3.82. The van der Waals surface area contributed by atoms with Gasteiger partial charge in [-0.1, -0.05) is 6.07 Å². The number of aromatic amines is 1. The molecule has 0 aliphatic heterocycles. The first-order valence-corrected chi connectivity index (χ1v) is 7.44. The fourth-order valence-electron chi connectivity index (χ4n) is 2.73. The van der Waals surface area contributed by atoms with Gasteiger partial charge in [0, 0.05) is 29.2 Å². The number of hydrogen-bond acceptors (Lipinski definition) is 4. The first kappa shape index (κ1) is 15.1. The summed E-state index contributed by atoms with van der Waals surface area (Å²) in [5.41, 5.74) is 4.51. The molecule has 3 rings (SSSR count). The van der Waals surface area contributed by atoms with Gasteiger partial charge in [-0.15, -0.1) is 0 Å². The van der Waals surface area contributed by atoms with Gasteiger partial charge >= 0.3 is 0 Å². The smallest absolute Gasteiger partial charge is 0.253 e. The highest BCUT2D eigenvalue weighted by atomic mass is 16.5. The van der Waals surface area contributed by atoms with E-state index in [9.17, 15) is 4.79 Å². The number of aromatic nitrogens is 2. The zero-order chi connectivity index (χ0) is 16.4. The van der Waals surface area contributed by atoms with E-state index in [1.807, 2.05) is 31.2 Å². The van der Waals surface area contributed by atoms with Gasteiger partial charge in [-0.3, -0.25) is 4.79 Å². The second kappa shape index (κ2) is 6.12. The lowest BCUT2D eigenvalue weighted by Gasteiger charge is -2.11. The summed E-state index contributed by atoms with van der Waals surface area (Å²) < 4.78 is 5.21. The van der Waals surface area contributed by atoms with Gasteiger partial charge in [0.2, 0.25) is 5.88 Å². The molecule has 5 nitrogen and oxygen atoms in total. The van der Waals surface area contributed by atoms with Crippen molar-refractivity contribution in [2.45, 2.75) is 20.4 Å². The number of pyridine rings is 2. The van der Waals surface area contributed by atoms with Crippen LogP contribution in [0.15, 0.2) is 41.3 Å². The van der Waals surface area contributed by atoms with E-state index in [2.05, 4.69) is 28.3 Å². The number of nitrogens with zero attached hydrogens (tertiary/aromatic N) is 1. The highest BCUT2D eigenvalue weighted by Gasteiger charge is 2.08. The molecular formula is C18H19N3O2. The summed E-state index contributed by atoms with van der Waals surface area (Å²) in [5, 5.41) is 4.27. The molecule has 1 aromatic carbocycles. The maximum absolute atomic E-state index is 12.3. The average Bonchev–Trinajstić information content (AvgIpc) is 2.53. The Morgan fingerprint density at radius 3 is 2.87 bits per heavy atom. The fraction of sp³-hybridized carbons (Fsp3) is 0.222. The molecule has 0 aliphatic carbocycles. The summed E-state index contributed by atoms with van der Waals surface area (Å²) in [4.78, 5) is 19.4. The summed E-state index contributed by atoms with van der Waals surface area (Å²) in [7, 11) is 1.57. The number of methoxy groups -OCH3 is 1. The second-order valence-corrected chi connectivity index (χ2v) is 5.58. The van der Waals surface area contributed by atoms with Crippen molar-refractivity contribution >= 4 is 16.6 Å². The minimum Gasteiger partial charge on any atom is -0.480 e. The molecule has 0 unspecified atom stereocenters. The van der Waals surface area contributed by atoms with Crippen molar-refractivity contribution < 1.29 is 4.74 Å². The van der Waals surface area contributed by atoms with Gasteiger partial charge in [0.05, 0.1) is 12.8 Å². The van der Waals surface area contributed by atoms with Gasteiger partial charge in [-0.2, -0.15) is 0 Å². The Kier molecular flexibility index (Phi) is 4.02. The standard InChI is InChI=1S/C18H19N3O2/c1-11-7-12(2)14-9-13(17(22)21-16(14)8-11)10-20-15-5-4-6-19-18(15)23-3/h4-9,20H,10H2,1-3H3,(H,21,22). The Bertz CT molecular complexity index is 916. The normalized spacial score (nSPS) is 10.7. The maximum atomic E-state index is 12.3. The lowest BCUT2D eigenvalue weighted by atomic mass is 10.0. The minimum absolute atomic E-state index is 0.0853. The average molecular weight is 309 g/mol. The number of fused-ring (bicyclic) bond motifs is 1. The molecule has 0 amide bonds. The molecule has 0 spiro atoms. The number of anilines is 1. The summed E-state index contributed by atoms with van der Waals surface area (Å²) in [6, 6.07) is 9.74. The number of H-pyrrole nitrogens is 1. The predicted octanol–water partition coefficient (Wildman–Crippen LogP) is 3.16. The zero-order valence-electron chi connectivity index (χ0n) is 13.4. The highest BCUT2D eigenvalue weighted by Crippen LogP contribution is 2.22. The van der Waals surface area contributed by atoms with Crippen LogP contribution in [0, 0.1) is 13.8 Å². The number of hydrogen-bond donors (Lipinski definition) is 2. The molecule has 0 fully saturated rings. The zero-order valence-corrected chi connectivity index (χ0v) is 13.4. The molecule has 0 radical (unpaired) electrons. The van der Waals surface area contributed by atoms with E-state index in [0.717, 1.165) is 27.7 Å². The molecule has 0 saturated heterocycles. The molecular weight excluding hydrogens is 290 g/mol. The van der Waals surface area contributed by atoms with Crippen LogP contribution in [0.25, 0.3) is 10.9 Å². The topological polar surface area (TPSA) is 67.0 Å². The van der Waals surface area contributed by atoms with Crippen LogP contribution in [-0.2, 0) is 6.54 Å². The molecule has 0 bridgehead atoms. The van der Waals surface area contributed by atoms with Crippen molar-refractivity contribution in [3.05, 3.63) is 63.6 Å². The predicted molar refractivity (Wildman–Crippen MR) is 92.2 cm³/mol. The van der Waals surface area contributed by atoms with Gasteiger partial charge in [-0.25, -0.2) is 4.98 Å². The van der Waals surface area contributed by atoms with Crippen LogP contribution in [0.2, 0.25) is 0 Å². The van der Waals surface area contributed by atoms with Gasteiger partial charge < -0.3 is 15.0 Å². The molecule has 0 saturated carbocycles. The van der Waals surface area contributed by atoms with Crippen LogP contribution in [-0.4, -0.2) is 17.1 Å². The Morgan fingerprint density at radius 2 is 2.09 bits per heavy atom. The first-order chi connectivity index (χ1) is 11.1. The van der Waals surface area contributed by atoms with Crippen molar-refractivity contribution in [2.24, 2.45) is 0 Å². The van der Waals surface area contributed by atoms with E-state index in [1.165, 1.54) is 0 Å². The molecule has 23 heavy (non-hydrogen) atoms. The van der Waals surface area contributed by atoms with Gasteiger partial charge in [-0.05, 0) is 49.2 Å². The molecule has 2 N–H and O–H groups in total. The van der Waals surface area contributed by atoms with E-state index in [1.54, 1.807) is 13.3 Å². The Balaban J connectivity index is 1.94. The molecule has 2 aromatic heterocycles. The first-order valence-electron chi connectivity index (χ1n) is 7.44. The SMILES string of the molecule is COc1ncccc1NCc1cc2c(C)cc(C)cc2[nH]c1=O. The third kappa shape index (κ3) is 3.04. The van der Waals surface area contributed by atoms with Crippen LogP contribution < -0.4 is 15.6 Å². The Hall–Kier alpha value is -2.82. The molecule has 118 valence electrons. The molecule has 5 heteroatoms. The van der Waals surface area contributed by atoms with Crippen LogP contribution in [0.3, 0.4) is 0 Å². The summed E-state index contributed by atoms with van der Waals surface area (Å²) in [6.45, 7) is 4.48. The van der Waals surface area contributed by atoms with Crippen molar-refractivity contribution in [1.82, 2.24) is 9.97 Å². The van der Waals surface area contributed by atoms with Crippen molar-refractivity contribution in [3.8, 4) is 5.88 Å².